The molecular weight excluding hydrogens is 236 g/mol. The third-order valence-corrected chi connectivity index (χ3v) is 3.80. The lowest BCUT2D eigenvalue weighted by Gasteiger charge is -2.29. The van der Waals surface area contributed by atoms with Crippen molar-refractivity contribution in [3.63, 3.8) is 0 Å². The number of hydrazine groups is 1. The number of nitrogens with one attached hydrogen (secondary N) is 1. The van der Waals surface area contributed by atoms with Crippen LogP contribution < -0.4 is 11.3 Å². The van der Waals surface area contributed by atoms with E-state index in [2.05, 4.69) is 31.4 Å². The predicted octanol–water partition coefficient (Wildman–Crippen LogP) is 3.42. The van der Waals surface area contributed by atoms with Crippen LogP contribution >= 0.6 is 0 Å². The molecule has 2 atom stereocenters. The highest BCUT2D eigenvalue weighted by Crippen LogP contribution is 2.27. The van der Waals surface area contributed by atoms with Gasteiger partial charge in [0.1, 0.15) is 0 Å². The van der Waals surface area contributed by atoms with Crippen LogP contribution in [0, 0.1) is 5.92 Å². The normalized spacial score (nSPS) is 14.6. The molecule has 3 heteroatoms. The molecule has 0 spiro atoms. The molecule has 0 fully saturated rings. The molecule has 0 saturated heterocycles. The number of rotatable bonds is 9. The van der Waals surface area contributed by atoms with E-state index in [-0.39, 0.29) is 12.1 Å². The van der Waals surface area contributed by atoms with Gasteiger partial charge in [0, 0.05) is 6.61 Å². The van der Waals surface area contributed by atoms with E-state index in [0.717, 1.165) is 6.42 Å². The van der Waals surface area contributed by atoms with Gasteiger partial charge < -0.3 is 4.74 Å². The Balaban J connectivity index is 2.82. The Morgan fingerprint density at radius 3 is 2.21 bits per heavy atom. The summed E-state index contributed by atoms with van der Waals surface area (Å²) in [6, 6.07) is 10.5. The summed E-state index contributed by atoms with van der Waals surface area (Å²) in [5.41, 5.74) is 4.15. The highest BCUT2D eigenvalue weighted by Gasteiger charge is 2.24. The van der Waals surface area contributed by atoms with Crippen LogP contribution in [0.5, 0.6) is 0 Å². The second kappa shape index (κ2) is 9.08. The van der Waals surface area contributed by atoms with Gasteiger partial charge in [0.05, 0.1) is 12.1 Å². The van der Waals surface area contributed by atoms with E-state index in [9.17, 15) is 0 Å². The Kier molecular flexibility index (Phi) is 7.72. The minimum atomic E-state index is 0.0248. The molecule has 0 aliphatic rings. The minimum Gasteiger partial charge on any atom is -0.372 e. The number of hydrogen-bond acceptors (Lipinski definition) is 3. The standard InChI is InChI=1S/C16H28N2O/c1-4-13(5-2)12-15(18-17)16(19-6-3)14-10-8-7-9-11-14/h7-11,13,15-16,18H,4-6,12,17H2,1-3H3. The number of ether oxygens (including phenoxy) is 1. The van der Waals surface area contributed by atoms with Gasteiger partial charge in [-0.2, -0.15) is 0 Å². The van der Waals surface area contributed by atoms with Crippen molar-refractivity contribution in [2.75, 3.05) is 6.61 Å². The molecule has 0 heterocycles. The lowest BCUT2D eigenvalue weighted by molar-refractivity contribution is 0.0259. The highest BCUT2D eigenvalue weighted by atomic mass is 16.5. The summed E-state index contributed by atoms with van der Waals surface area (Å²) in [4.78, 5) is 0. The summed E-state index contributed by atoms with van der Waals surface area (Å²) in [6.07, 6.45) is 3.44. The van der Waals surface area contributed by atoms with Crippen molar-refractivity contribution in [2.24, 2.45) is 11.8 Å². The third-order valence-electron chi connectivity index (χ3n) is 3.80. The molecule has 2 unspecified atom stereocenters. The maximum atomic E-state index is 5.93. The van der Waals surface area contributed by atoms with Crippen LogP contribution in [0.3, 0.4) is 0 Å². The summed E-state index contributed by atoms with van der Waals surface area (Å²) < 4.78 is 5.93. The van der Waals surface area contributed by atoms with Crippen molar-refractivity contribution >= 4 is 0 Å². The zero-order valence-electron chi connectivity index (χ0n) is 12.4. The molecule has 0 radical (unpaired) electrons. The van der Waals surface area contributed by atoms with E-state index in [1.807, 2.05) is 25.1 Å². The van der Waals surface area contributed by atoms with E-state index in [4.69, 9.17) is 10.6 Å². The van der Waals surface area contributed by atoms with Crippen LogP contribution in [0.1, 0.15) is 51.7 Å². The van der Waals surface area contributed by atoms with E-state index in [1.54, 1.807) is 0 Å². The van der Waals surface area contributed by atoms with Crippen molar-refractivity contribution in [3.05, 3.63) is 35.9 Å². The molecule has 0 aliphatic carbocycles. The van der Waals surface area contributed by atoms with Crippen LogP contribution in [0.4, 0.5) is 0 Å². The second-order valence-corrected chi connectivity index (χ2v) is 4.98. The molecule has 1 aromatic rings. The fraction of sp³-hybridized carbons (Fsp3) is 0.625. The van der Waals surface area contributed by atoms with Crippen LogP contribution in [-0.2, 0) is 4.74 Å². The maximum absolute atomic E-state index is 5.93. The van der Waals surface area contributed by atoms with Crippen molar-refractivity contribution in [3.8, 4) is 0 Å². The average molecular weight is 264 g/mol. The average Bonchev–Trinajstić information content (AvgIpc) is 2.48. The summed E-state index contributed by atoms with van der Waals surface area (Å²) in [5, 5.41) is 0. The van der Waals surface area contributed by atoms with Gasteiger partial charge in [-0.05, 0) is 24.8 Å². The molecule has 1 rings (SSSR count). The van der Waals surface area contributed by atoms with Gasteiger partial charge >= 0.3 is 0 Å². The number of benzene rings is 1. The Morgan fingerprint density at radius 1 is 1.11 bits per heavy atom. The molecule has 1 aromatic carbocycles. The number of nitrogens with two attached hydrogens (primary N) is 1. The molecule has 19 heavy (non-hydrogen) atoms. The molecule has 0 amide bonds. The first-order chi connectivity index (χ1) is 9.26. The first kappa shape index (κ1) is 16.2. The highest BCUT2D eigenvalue weighted by molar-refractivity contribution is 5.19. The molecule has 0 aromatic heterocycles. The zero-order chi connectivity index (χ0) is 14.1. The van der Waals surface area contributed by atoms with Crippen LogP contribution in [0.15, 0.2) is 30.3 Å². The van der Waals surface area contributed by atoms with Crippen molar-refractivity contribution in [1.82, 2.24) is 5.43 Å². The Morgan fingerprint density at radius 2 is 1.74 bits per heavy atom. The zero-order valence-corrected chi connectivity index (χ0v) is 12.4. The fourth-order valence-electron chi connectivity index (χ4n) is 2.53. The lowest BCUT2D eigenvalue weighted by Crippen LogP contribution is -2.42. The SMILES string of the molecule is CCOC(c1ccccc1)C(CC(CC)CC)NN. The minimum absolute atomic E-state index is 0.0248. The summed E-state index contributed by atoms with van der Waals surface area (Å²) in [5.74, 6) is 6.46. The summed E-state index contributed by atoms with van der Waals surface area (Å²) in [6.45, 7) is 7.20. The molecule has 3 nitrogen and oxygen atoms in total. The van der Waals surface area contributed by atoms with Gasteiger partial charge in [-0.15, -0.1) is 0 Å². The molecule has 0 saturated carbocycles. The van der Waals surface area contributed by atoms with Gasteiger partial charge in [-0.25, -0.2) is 0 Å². The predicted molar refractivity (Wildman–Crippen MR) is 80.6 cm³/mol. The number of hydrogen-bond donors (Lipinski definition) is 2. The van der Waals surface area contributed by atoms with E-state index in [1.165, 1.54) is 18.4 Å². The van der Waals surface area contributed by atoms with E-state index >= 15 is 0 Å². The third kappa shape index (κ3) is 4.94. The molecule has 0 aliphatic heterocycles. The molecule has 3 N–H and O–H groups in total. The molecule has 108 valence electrons. The van der Waals surface area contributed by atoms with Gasteiger partial charge in [0.25, 0.3) is 0 Å². The Labute approximate surface area is 117 Å². The van der Waals surface area contributed by atoms with Gasteiger partial charge in [0.2, 0.25) is 0 Å². The van der Waals surface area contributed by atoms with Crippen LogP contribution in [0.2, 0.25) is 0 Å². The van der Waals surface area contributed by atoms with Crippen LogP contribution in [-0.4, -0.2) is 12.6 Å². The van der Waals surface area contributed by atoms with Gasteiger partial charge in [-0.1, -0.05) is 57.0 Å². The Bertz CT molecular complexity index is 325. The first-order valence-corrected chi connectivity index (χ1v) is 7.39. The smallest absolute Gasteiger partial charge is 0.0991 e. The molecule has 0 bridgehead atoms. The lowest BCUT2D eigenvalue weighted by atomic mass is 9.90. The maximum Gasteiger partial charge on any atom is 0.0991 e. The first-order valence-electron chi connectivity index (χ1n) is 7.39. The monoisotopic (exact) mass is 264 g/mol. The Hall–Kier alpha value is -0.900. The summed E-state index contributed by atoms with van der Waals surface area (Å²) in [7, 11) is 0. The van der Waals surface area contributed by atoms with Crippen molar-refractivity contribution in [2.45, 2.75) is 52.2 Å². The van der Waals surface area contributed by atoms with Gasteiger partial charge in [0.15, 0.2) is 0 Å². The van der Waals surface area contributed by atoms with Crippen molar-refractivity contribution in [1.29, 1.82) is 0 Å². The fourth-order valence-corrected chi connectivity index (χ4v) is 2.53. The second-order valence-electron chi connectivity index (χ2n) is 4.98. The largest absolute Gasteiger partial charge is 0.372 e. The topological polar surface area (TPSA) is 47.3 Å². The van der Waals surface area contributed by atoms with E-state index in [0.29, 0.717) is 12.5 Å². The van der Waals surface area contributed by atoms with Crippen molar-refractivity contribution < 1.29 is 4.74 Å². The quantitative estimate of drug-likeness (QED) is 0.530. The van der Waals surface area contributed by atoms with E-state index < -0.39 is 0 Å². The van der Waals surface area contributed by atoms with Crippen LogP contribution in [0.25, 0.3) is 0 Å². The molecular formula is C16H28N2O. The summed E-state index contributed by atoms with van der Waals surface area (Å²) >= 11 is 0. The van der Waals surface area contributed by atoms with Gasteiger partial charge in [-0.3, -0.25) is 11.3 Å².